The topological polar surface area (TPSA) is 75.7 Å². The van der Waals surface area contributed by atoms with Crippen molar-refractivity contribution in [1.29, 1.82) is 0 Å². The first-order valence-electron chi connectivity index (χ1n) is 8.97. The molecule has 1 unspecified atom stereocenters. The van der Waals surface area contributed by atoms with Crippen LogP contribution in [0, 0.1) is 11.7 Å². The molecule has 1 atom stereocenters. The number of halogens is 1. The molecular weight excluding hydrogens is 363 g/mol. The first kappa shape index (κ1) is 19.5. The molecule has 0 aliphatic carbocycles. The Morgan fingerprint density at radius 1 is 1.14 bits per heavy atom. The van der Waals surface area contributed by atoms with Crippen LogP contribution < -0.4 is 5.32 Å². The van der Waals surface area contributed by atoms with Crippen molar-refractivity contribution in [2.45, 2.75) is 12.8 Å². The molecule has 2 amide bonds. The number of methoxy groups -OCH3 is 1. The van der Waals surface area contributed by atoms with Crippen LogP contribution in [0.5, 0.6) is 0 Å². The van der Waals surface area contributed by atoms with Gasteiger partial charge in [-0.1, -0.05) is 12.1 Å². The highest BCUT2D eigenvalue weighted by molar-refractivity contribution is 5.97. The van der Waals surface area contributed by atoms with E-state index in [1.165, 1.54) is 19.2 Å². The van der Waals surface area contributed by atoms with Gasteiger partial charge in [0.25, 0.3) is 0 Å². The molecular formula is C21H21FN2O4. The van der Waals surface area contributed by atoms with E-state index in [0.717, 1.165) is 5.56 Å². The first-order chi connectivity index (χ1) is 13.5. The summed E-state index contributed by atoms with van der Waals surface area (Å²) >= 11 is 0. The Labute approximate surface area is 162 Å². The summed E-state index contributed by atoms with van der Waals surface area (Å²) in [6.07, 6.45) is 0.769. The molecule has 2 aromatic rings. The van der Waals surface area contributed by atoms with Crippen molar-refractivity contribution < 1.29 is 23.5 Å². The number of amides is 2. The van der Waals surface area contributed by atoms with Crippen LogP contribution in [-0.4, -0.2) is 42.9 Å². The summed E-state index contributed by atoms with van der Waals surface area (Å²) in [5.74, 6) is -1.47. The molecule has 28 heavy (non-hydrogen) atoms. The van der Waals surface area contributed by atoms with E-state index in [0.29, 0.717) is 30.8 Å². The predicted octanol–water partition coefficient (Wildman–Crippen LogP) is 2.64. The van der Waals surface area contributed by atoms with Gasteiger partial charge in [0.05, 0.1) is 18.6 Å². The molecule has 1 heterocycles. The second-order valence-corrected chi connectivity index (χ2v) is 6.68. The van der Waals surface area contributed by atoms with Gasteiger partial charge in [-0.3, -0.25) is 9.59 Å². The third-order valence-corrected chi connectivity index (χ3v) is 4.74. The van der Waals surface area contributed by atoms with Crippen LogP contribution in [0.15, 0.2) is 48.5 Å². The van der Waals surface area contributed by atoms with Crippen molar-refractivity contribution in [1.82, 2.24) is 4.90 Å². The van der Waals surface area contributed by atoms with Crippen LogP contribution in [0.3, 0.4) is 0 Å². The lowest BCUT2D eigenvalue weighted by Crippen LogP contribution is -2.30. The van der Waals surface area contributed by atoms with Crippen molar-refractivity contribution in [3.8, 4) is 0 Å². The molecule has 1 N–H and O–H groups in total. The molecule has 6 nitrogen and oxygen atoms in total. The molecule has 0 saturated carbocycles. The van der Waals surface area contributed by atoms with Gasteiger partial charge >= 0.3 is 5.97 Å². The number of rotatable bonds is 6. The minimum absolute atomic E-state index is 0.0664. The van der Waals surface area contributed by atoms with Crippen molar-refractivity contribution in [3.63, 3.8) is 0 Å². The maximum Gasteiger partial charge on any atom is 0.337 e. The normalized spacial score (nSPS) is 16.1. The van der Waals surface area contributed by atoms with Gasteiger partial charge in [-0.2, -0.15) is 0 Å². The van der Waals surface area contributed by atoms with E-state index in [9.17, 15) is 18.8 Å². The van der Waals surface area contributed by atoms with Gasteiger partial charge in [0.15, 0.2) is 0 Å². The van der Waals surface area contributed by atoms with E-state index < -0.39 is 11.9 Å². The van der Waals surface area contributed by atoms with Crippen LogP contribution in [0.1, 0.15) is 22.3 Å². The van der Waals surface area contributed by atoms with Crippen LogP contribution in [-0.2, 0) is 20.7 Å². The molecule has 146 valence electrons. The number of anilines is 1. The van der Waals surface area contributed by atoms with Gasteiger partial charge in [0, 0.05) is 25.2 Å². The van der Waals surface area contributed by atoms with Gasteiger partial charge in [0.2, 0.25) is 11.8 Å². The molecule has 0 radical (unpaired) electrons. The molecule has 0 spiro atoms. The lowest BCUT2D eigenvalue weighted by Gasteiger charge is -2.16. The Morgan fingerprint density at radius 3 is 2.46 bits per heavy atom. The predicted molar refractivity (Wildman–Crippen MR) is 101 cm³/mol. The van der Waals surface area contributed by atoms with Crippen LogP contribution >= 0.6 is 0 Å². The average molecular weight is 384 g/mol. The Kier molecular flexibility index (Phi) is 6.03. The van der Waals surface area contributed by atoms with Gasteiger partial charge in [-0.05, 0) is 48.4 Å². The highest BCUT2D eigenvalue weighted by atomic mass is 19.1. The molecule has 7 heteroatoms. The summed E-state index contributed by atoms with van der Waals surface area (Å²) in [4.78, 5) is 37.8. The van der Waals surface area contributed by atoms with E-state index >= 15 is 0 Å². The molecule has 2 aromatic carbocycles. The van der Waals surface area contributed by atoms with Crippen LogP contribution in [0.4, 0.5) is 10.1 Å². The van der Waals surface area contributed by atoms with E-state index in [1.54, 1.807) is 41.3 Å². The van der Waals surface area contributed by atoms with Crippen molar-refractivity contribution in [2.24, 2.45) is 5.92 Å². The zero-order valence-electron chi connectivity index (χ0n) is 15.5. The van der Waals surface area contributed by atoms with E-state index in [1.807, 2.05) is 0 Å². The van der Waals surface area contributed by atoms with Gasteiger partial charge < -0.3 is 15.0 Å². The zero-order chi connectivity index (χ0) is 20.1. The van der Waals surface area contributed by atoms with Crippen LogP contribution in [0.25, 0.3) is 0 Å². The Hall–Kier alpha value is -3.22. The fourth-order valence-corrected chi connectivity index (χ4v) is 3.13. The Balaban J connectivity index is 1.53. The maximum atomic E-state index is 13.0. The average Bonchev–Trinajstić information content (AvgIpc) is 3.08. The molecule has 3 rings (SSSR count). The van der Waals surface area contributed by atoms with Crippen molar-refractivity contribution in [3.05, 3.63) is 65.5 Å². The lowest BCUT2D eigenvalue weighted by atomic mass is 10.1. The number of carbonyl (C=O) groups is 3. The van der Waals surface area contributed by atoms with E-state index in [2.05, 4.69) is 10.1 Å². The summed E-state index contributed by atoms with van der Waals surface area (Å²) in [5.41, 5.74) is 1.88. The second-order valence-electron chi connectivity index (χ2n) is 6.68. The zero-order valence-corrected chi connectivity index (χ0v) is 15.5. The third-order valence-electron chi connectivity index (χ3n) is 4.74. The highest BCUT2D eigenvalue weighted by Gasteiger charge is 2.34. The number of benzene rings is 2. The minimum atomic E-state index is -0.448. The number of ether oxygens (including phenoxy) is 1. The smallest absolute Gasteiger partial charge is 0.337 e. The number of esters is 1. The fraction of sp³-hybridized carbons (Fsp3) is 0.286. The van der Waals surface area contributed by atoms with Gasteiger partial charge in [-0.15, -0.1) is 0 Å². The van der Waals surface area contributed by atoms with Crippen LogP contribution in [0.2, 0.25) is 0 Å². The monoisotopic (exact) mass is 384 g/mol. The summed E-state index contributed by atoms with van der Waals surface area (Å²) in [6, 6.07) is 12.5. The quantitative estimate of drug-likeness (QED) is 0.777. The minimum Gasteiger partial charge on any atom is -0.465 e. The molecule has 1 aliphatic heterocycles. The standard InChI is InChI=1S/C21H21FN2O4/c1-28-21(27)15-4-8-18(9-5-15)23-20(26)16-12-19(25)24(13-16)11-10-14-2-6-17(22)7-3-14/h2-9,16H,10-13H2,1H3,(H,23,26). The molecule has 0 bridgehead atoms. The number of hydrogen-bond donors (Lipinski definition) is 1. The summed E-state index contributed by atoms with van der Waals surface area (Å²) in [5, 5.41) is 2.78. The number of nitrogens with zero attached hydrogens (tertiary/aromatic N) is 1. The molecule has 0 aromatic heterocycles. The van der Waals surface area contributed by atoms with Gasteiger partial charge in [-0.25, -0.2) is 9.18 Å². The Bertz CT molecular complexity index is 865. The lowest BCUT2D eigenvalue weighted by molar-refractivity contribution is -0.128. The third kappa shape index (κ3) is 4.73. The van der Waals surface area contributed by atoms with E-state index in [-0.39, 0.29) is 24.1 Å². The largest absolute Gasteiger partial charge is 0.465 e. The fourth-order valence-electron chi connectivity index (χ4n) is 3.13. The summed E-state index contributed by atoms with van der Waals surface area (Å²) < 4.78 is 17.6. The molecule has 1 saturated heterocycles. The molecule has 1 aliphatic rings. The SMILES string of the molecule is COC(=O)c1ccc(NC(=O)C2CC(=O)N(CCc3ccc(F)cc3)C2)cc1. The van der Waals surface area contributed by atoms with Crippen molar-refractivity contribution >= 4 is 23.5 Å². The second kappa shape index (κ2) is 8.65. The number of hydrogen-bond acceptors (Lipinski definition) is 4. The number of carbonyl (C=O) groups excluding carboxylic acids is 3. The first-order valence-corrected chi connectivity index (χ1v) is 8.97. The summed E-state index contributed by atoms with van der Waals surface area (Å²) in [6.45, 7) is 0.841. The number of nitrogens with one attached hydrogen (secondary N) is 1. The Morgan fingerprint density at radius 2 is 1.82 bits per heavy atom. The summed E-state index contributed by atoms with van der Waals surface area (Å²) in [7, 11) is 1.30. The van der Waals surface area contributed by atoms with Gasteiger partial charge in [0.1, 0.15) is 5.82 Å². The number of likely N-dealkylation sites (tertiary alicyclic amines) is 1. The van der Waals surface area contributed by atoms with Crippen molar-refractivity contribution in [2.75, 3.05) is 25.5 Å². The maximum absolute atomic E-state index is 13.0. The molecule has 1 fully saturated rings. The highest BCUT2D eigenvalue weighted by Crippen LogP contribution is 2.21. The van der Waals surface area contributed by atoms with E-state index in [4.69, 9.17) is 0 Å².